The van der Waals surface area contributed by atoms with E-state index in [1.165, 1.54) is 0 Å². The second-order valence-electron chi connectivity index (χ2n) is 5.10. The van der Waals surface area contributed by atoms with E-state index < -0.39 is 0 Å². The molecule has 0 saturated carbocycles. The molecule has 0 fully saturated rings. The zero-order valence-corrected chi connectivity index (χ0v) is 13.2. The van der Waals surface area contributed by atoms with E-state index in [4.69, 9.17) is 0 Å². The Bertz CT molecular complexity index is 950. The minimum atomic E-state index is 0.760. The highest BCUT2D eigenvalue weighted by atomic mass is 32.1. The van der Waals surface area contributed by atoms with Gasteiger partial charge < -0.3 is 10.6 Å². The van der Waals surface area contributed by atoms with Crippen molar-refractivity contribution in [1.29, 1.82) is 0 Å². The molecule has 0 saturated heterocycles. The Labute approximate surface area is 137 Å². The fraction of sp³-hybridized carbons (Fsp3) is 0.118. The molecule has 4 rings (SSSR count). The fourth-order valence-electron chi connectivity index (χ4n) is 2.47. The summed E-state index contributed by atoms with van der Waals surface area (Å²) in [6, 6.07) is 14.2. The number of para-hydroxylation sites is 1. The molecule has 0 aliphatic rings. The molecule has 23 heavy (non-hydrogen) atoms. The summed E-state index contributed by atoms with van der Waals surface area (Å²) in [4.78, 5) is 14.2. The predicted octanol–water partition coefficient (Wildman–Crippen LogP) is 3.76. The fourth-order valence-corrected chi connectivity index (χ4v) is 3.20. The van der Waals surface area contributed by atoms with Crippen molar-refractivity contribution in [3.05, 3.63) is 54.2 Å². The number of thiophene rings is 1. The average Bonchev–Trinajstić information content (AvgIpc) is 3.08. The first-order chi connectivity index (χ1) is 11.4. The Morgan fingerprint density at radius 3 is 2.83 bits per heavy atom. The summed E-state index contributed by atoms with van der Waals surface area (Å²) >= 11 is 1.62. The lowest BCUT2D eigenvalue weighted by Gasteiger charge is -2.09. The molecule has 2 N–H and O–H groups in total. The van der Waals surface area contributed by atoms with Crippen LogP contribution in [0, 0.1) is 0 Å². The van der Waals surface area contributed by atoms with E-state index in [2.05, 4.69) is 37.7 Å². The molecule has 0 bridgehead atoms. The van der Waals surface area contributed by atoms with Crippen LogP contribution < -0.4 is 10.6 Å². The maximum Gasteiger partial charge on any atom is 0.138 e. The summed E-state index contributed by atoms with van der Waals surface area (Å²) < 4.78 is 0. The predicted molar refractivity (Wildman–Crippen MR) is 96.1 cm³/mol. The van der Waals surface area contributed by atoms with E-state index in [1.54, 1.807) is 17.7 Å². The van der Waals surface area contributed by atoms with Crippen LogP contribution in [0.5, 0.6) is 0 Å². The highest BCUT2D eigenvalue weighted by molar-refractivity contribution is 7.16. The van der Waals surface area contributed by atoms with Crippen molar-refractivity contribution in [2.45, 2.75) is 0 Å². The number of hydrogen-bond acceptors (Lipinski definition) is 6. The molecule has 3 heterocycles. The maximum absolute atomic E-state index is 4.60. The number of nitrogens with zero attached hydrogens (tertiary/aromatic N) is 3. The third kappa shape index (κ3) is 2.93. The summed E-state index contributed by atoms with van der Waals surface area (Å²) in [6.07, 6.45) is 1.60. The number of rotatable bonds is 5. The molecular weight excluding hydrogens is 306 g/mol. The number of aromatic nitrogens is 3. The standard InChI is InChI=1S/C17H15N5S/c1-2-4-14-12(3-1)5-6-15(22-14)18-8-9-19-16-13-7-10-23-17(13)21-11-20-16/h1-7,10-11H,8-9H2,(H,18,22)(H,19,20,21). The number of benzene rings is 1. The van der Waals surface area contributed by atoms with Crippen molar-refractivity contribution in [2.75, 3.05) is 23.7 Å². The van der Waals surface area contributed by atoms with E-state index in [1.807, 2.05) is 35.7 Å². The molecule has 0 atom stereocenters. The van der Waals surface area contributed by atoms with E-state index in [-0.39, 0.29) is 0 Å². The number of anilines is 2. The van der Waals surface area contributed by atoms with Gasteiger partial charge in [-0.2, -0.15) is 0 Å². The van der Waals surface area contributed by atoms with Gasteiger partial charge in [0.25, 0.3) is 0 Å². The largest absolute Gasteiger partial charge is 0.368 e. The SMILES string of the molecule is c1ccc2nc(NCCNc3ncnc4sccc34)ccc2c1. The summed E-state index contributed by atoms with van der Waals surface area (Å²) in [5.41, 5.74) is 1.00. The van der Waals surface area contributed by atoms with Gasteiger partial charge in [-0.1, -0.05) is 18.2 Å². The first-order valence-corrected chi connectivity index (χ1v) is 8.30. The highest BCUT2D eigenvalue weighted by Gasteiger charge is 2.03. The molecule has 0 spiro atoms. The molecule has 4 aromatic rings. The molecule has 3 aromatic heterocycles. The molecule has 114 valence electrons. The van der Waals surface area contributed by atoms with Crippen LogP contribution in [0.15, 0.2) is 54.2 Å². The molecule has 1 aromatic carbocycles. The monoisotopic (exact) mass is 321 g/mol. The number of pyridine rings is 1. The Morgan fingerprint density at radius 2 is 1.83 bits per heavy atom. The molecule has 0 aliphatic carbocycles. The van der Waals surface area contributed by atoms with Crippen molar-refractivity contribution in [2.24, 2.45) is 0 Å². The number of hydrogen-bond donors (Lipinski definition) is 2. The van der Waals surface area contributed by atoms with Gasteiger partial charge in [-0.3, -0.25) is 0 Å². The first kappa shape index (κ1) is 13.9. The molecule has 0 unspecified atom stereocenters. The van der Waals surface area contributed by atoms with Crippen molar-refractivity contribution in [3.63, 3.8) is 0 Å². The normalized spacial score (nSPS) is 11.0. The number of nitrogens with one attached hydrogen (secondary N) is 2. The molecule has 0 radical (unpaired) electrons. The zero-order valence-electron chi connectivity index (χ0n) is 12.4. The molecule has 5 nitrogen and oxygen atoms in total. The van der Waals surface area contributed by atoms with Crippen LogP contribution in [0.25, 0.3) is 21.1 Å². The van der Waals surface area contributed by atoms with Crippen molar-refractivity contribution < 1.29 is 0 Å². The van der Waals surface area contributed by atoms with Gasteiger partial charge in [0.1, 0.15) is 22.8 Å². The van der Waals surface area contributed by atoms with Crippen LogP contribution in [-0.2, 0) is 0 Å². The van der Waals surface area contributed by atoms with E-state index in [0.29, 0.717) is 0 Å². The van der Waals surface area contributed by atoms with Crippen LogP contribution in [0.1, 0.15) is 0 Å². The molecule has 0 amide bonds. The Morgan fingerprint density at radius 1 is 0.913 bits per heavy atom. The second kappa shape index (κ2) is 6.18. The van der Waals surface area contributed by atoms with Crippen molar-refractivity contribution in [1.82, 2.24) is 15.0 Å². The van der Waals surface area contributed by atoms with E-state index >= 15 is 0 Å². The molecule has 0 aliphatic heterocycles. The van der Waals surface area contributed by atoms with Crippen LogP contribution in [-0.4, -0.2) is 28.0 Å². The summed E-state index contributed by atoms with van der Waals surface area (Å²) in [6.45, 7) is 1.53. The van der Waals surface area contributed by atoms with Gasteiger partial charge in [0.05, 0.1) is 10.9 Å². The van der Waals surface area contributed by atoms with E-state index in [0.717, 1.165) is 45.8 Å². The van der Waals surface area contributed by atoms with Gasteiger partial charge in [-0.05, 0) is 29.6 Å². The Kier molecular flexibility index (Phi) is 3.73. The third-order valence-electron chi connectivity index (χ3n) is 3.58. The lowest BCUT2D eigenvalue weighted by molar-refractivity contribution is 1.05. The quantitative estimate of drug-likeness (QED) is 0.548. The van der Waals surface area contributed by atoms with Crippen LogP contribution in [0.4, 0.5) is 11.6 Å². The Hall–Kier alpha value is -2.73. The van der Waals surface area contributed by atoms with Crippen LogP contribution >= 0.6 is 11.3 Å². The van der Waals surface area contributed by atoms with Crippen LogP contribution in [0.3, 0.4) is 0 Å². The topological polar surface area (TPSA) is 62.7 Å². The third-order valence-corrected chi connectivity index (χ3v) is 4.40. The number of fused-ring (bicyclic) bond motifs is 2. The molecule has 6 heteroatoms. The van der Waals surface area contributed by atoms with Gasteiger partial charge >= 0.3 is 0 Å². The summed E-state index contributed by atoms with van der Waals surface area (Å²) in [5.74, 6) is 1.76. The van der Waals surface area contributed by atoms with Crippen LogP contribution in [0.2, 0.25) is 0 Å². The summed E-state index contributed by atoms with van der Waals surface area (Å²) in [7, 11) is 0. The maximum atomic E-state index is 4.60. The highest BCUT2D eigenvalue weighted by Crippen LogP contribution is 2.23. The van der Waals surface area contributed by atoms with Gasteiger partial charge in [0.2, 0.25) is 0 Å². The first-order valence-electron chi connectivity index (χ1n) is 7.42. The zero-order chi connectivity index (χ0) is 15.5. The smallest absolute Gasteiger partial charge is 0.138 e. The van der Waals surface area contributed by atoms with Gasteiger partial charge in [0.15, 0.2) is 0 Å². The van der Waals surface area contributed by atoms with Crippen molar-refractivity contribution >= 4 is 44.1 Å². The average molecular weight is 321 g/mol. The Balaban J connectivity index is 1.38. The van der Waals surface area contributed by atoms with Gasteiger partial charge in [-0.25, -0.2) is 15.0 Å². The molecular formula is C17H15N5S. The van der Waals surface area contributed by atoms with E-state index in [9.17, 15) is 0 Å². The lowest BCUT2D eigenvalue weighted by atomic mass is 10.2. The van der Waals surface area contributed by atoms with Gasteiger partial charge in [0, 0.05) is 18.5 Å². The lowest BCUT2D eigenvalue weighted by Crippen LogP contribution is -2.15. The minimum absolute atomic E-state index is 0.760. The van der Waals surface area contributed by atoms with Crippen molar-refractivity contribution in [3.8, 4) is 0 Å². The second-order valence-corrected chi connectivity index (χ2v) is 6.00. The summed E-state index contributed by atoms with van der Waals surface area (Å²) in [5, 5.41) is 10.9. The van der Waals surface area contributed by atoms with Gasteiger partial charge in [-0.15, -0.1) is 11.3 Å². The minimum Gasteiger partial charge on any atom is -0.368 e.